The molecule has 31 heavy (non-hydrogen) atoms. The standard InChI is InChI=1S/C21H24ClF2N5O2/c1-2-27-8-10-28(11-9-27)21(31)29(18-5-3-4-16(22)19(18)24)13-15-7-6-14(12-17(15)23)20(30)26-25/h3-7,12H,2,8-11,13,25H2,1H3,(H,26,30). The maximum Gasteiger partial charge on any atom is 0.324 e. The monoisotopic (exact) mass is 451 g/mol. The minimum absolute atomic E-state index is 0.0336. The van der Waals surface area contributed by atoms with Gasteiger partial charge in [0.1, 0.15) is 5.82 Å². The number of nitrogen functional groups attached to an aromatic ring is 1. The van der Waals surface area contributed by atoms with Gasteiger partial charge in [0.2, 0.25) is 0 Å². The van der Waals surface area contributed by atoms with E-state index in [0.717, 1.165) is 12.6 Å². The van der Waals surface area contributed by atoms with Crippen molar-refractivity contribution in [1.82, 2.24) is 15.2 Å². The summed E-state index contributed by atoms with van der Waals surface area (Å²) in [6.07, 6.45) is 0. The molecule has 2 aromatic rings. The van der Waals surface area contributed by atoms with Gasteiger partial charge in [-0.25, -0.2) is 19.4 Å². The third-order valence-electron chi connectivity index (χ3n) is 5.32. The lowest BCUT2D eigenvalue weighted by Gasteiger charge is -2.37. The molecule has 0 saturated carbocycles. The highest BCUT2D eigenvalue weighted by Gasteiger charge is 2.29. The van der Waals surface area contributed by atoms with Crippen molar-refractivity contribution in [1.29, 1.82) is 0 Å². The van der Waals surface area contributed by atoms with Crippen molar-refractivity contribution in [2.75, 3.05) is 37.6 Å². The van der Waals surface area contributed by atoms with Crippen LogP contribution in [-0.2, 0) is 6.54 Å². The highest BCUT2D eigenvalue weighted by atomic mass is 35.5. The molecule has 3 rings (SSSR count). The molecular formula is C21H24ClF2N5O2. The van der Waals surface area contributed by atoms with Gasteiger partial charge in [-0.2, -0.15) is 0 Å². The van der Waals surface area contributed by atoms with Crippen LogP contribution in [-0.4, -0.2) is 54.5 Å². The fraction of sp³-hybridized carbons (Fsp3) is 0.333. The summed E-state index contributed by atoms with van der Waals surface area (Å²) in [6, 6.07) is 7.67. The van der Waals surface area contributed by atoms with E-state index in [0.29, 0.717) is 26.2 Å². The van der Waals surface area contributed by atoms with Crippen LogP contribution in [0.5, 0.6) is 0 Å². The van der Waals surface area contributed by atoms with Gasteiger partial charge in [-0.15, -0.1) is 0 Å². The van der Waals surface area contributed by atoms with Crippen molar-refractivity contribution in [2.45, 2.75) is 13.5 Å². The van der Waals surface area contributed by atoms with Gasteiger partial charge in [-0.1, -0.05) is 30.7 Å². The van der Waals surface area contributed by atoms with E-state index < -0.39 is 23.6 Å². The Labute approximate surface area is 184 Å². The highest BCUT2D eigenvalue weighted by Crippen LogP contribution is 2.29. The number of halogens is 3. The Morgan fingerprint density at radius 3 is 2.48 bits per heavy atom. The Morgan fingerprint density at radius 1 is 1.16 bits per heavy atom. The molecule has 0 aromatic heterocycles. The molecule has 0 bridgehead atoms. The third kappa shape index (κ3) is 5.12. The SMILES string of the molecule is CCN1CCN(C(=O)N(Cc2ccc(C(=O)NN)cc2F)c2cccc(Cl)c2F)CC1. The zero-order valence-electron chi connectivity index (χ0n) is 17.1. The number of carbonyl (C=O) groups is 2. The average Bonchev–Trinajstić information content (AvgIpc) is 2.79. The second-order valence-electron chi connectivity index (χ2n) is 7.14. The van der Waals surface area contributed by atoms with Crippen LogP contribution >= 0.6 is 11.6 Å². The molecule has 1 aliphatic heterocycles. The molecule has 3 amide bonds. The van der Waals surface area contributed by atoms with E-state index in [2.05, 4.69) is 4.90 Å². The number of anilines is 1. The molecular weight excluding hydrogens is 428 g/mol. The molecule has 7 nitrogen and oxygen atoms in total. The molecule has 10 heteroatoms. The molecule has 1 fully saturated rings. The van der Waals surface area contributed by atoms with Gasteiger partial charge in [0.25, 0.3) is 5.91 Å². The minimum atomic E-state index is -0.760. The van der Waals surface area contributed by atoms with Gasteiger partial charge in [0, 0.05) is 37.3 Å². The molecule has 0 atom stereocenters. The summed E-state index contributed by atoms with van der Waals surface area (Å²) in [5.41, 5.74) is 2.04. The first-order valence-corrected chi connectivity index (χ1v) is 10.3. The lowest BCUT2D eigenvalue weighted by atomic mass is 10.1. The van der Waals surface area contributed by atoms with E-state index in [9.17, 15) is 18.4 Å². The van der Waals surface area contributed by atoms with Crippen LogP contribution in [0.15, 0.2) is 36.4 Å². The summed E-state index contributed by atoms with van der Waals surface area (Å²) in [5.74, 6) is 2.97. The molecule has 0 unspecified atom stereocenters. The largest absolute Gasteiger partial charge is 0.324 e. The topological polar surface area (TPSA) is 81.9 Å². The van der Waals surface area contributed by atoms with E-state index in [4.69, 9.17) is 17.4 Å². The average molecular weight is 452 g/mol. The first-order chi connectivity index (χ1) is 14.8. The Bertz CT molecular complexity index is 967. The number of nitrogens with two attached hydrogens (primary N) is 1. The second kappa shape index (κ2) is 10.0. The van der Waals surface area contributed by atoms with E-state index in [1.807, 2.05) is 12.3 Å². The number of piperazine rings is 1. The molecule has 1 aliphatic rings. The van der Waals surface area contributed by atoms with Gasteiger partial charge in [-0.3, -0.25) is 15.1 Å². The summed E-state index contributed by atoms with van der Waals surface area (Å²) in [7, 11) is 0. The quantitative estimate of drug-likeness (QED) is 0.416. The molecule has 1 heterocycles. The summed E-state index contributed by atoms with van der Waals surface area (Å²) in [6.45, 7) is 5.04. The van der Waals surface area contributed by atoms with Crippen LogP contribution in [0.3, 0.4) is 0 Å². The molecule has 0 aliphatic carbocycles. The number of hydrogen-bond donors (Lipinski definition) is 2. The number of likely N-dealkylation sites (N-methyl/N-ethyl adjacent to an activating group) is 1. The van der Waals surface area contributed by atoms with Crippen LogP contribution in [0, 0.1) is 11.6 Å². The molecule has 166 valence electrons. The van der Waals surface area contributed by atoms with Gasteiger partial charge in [-0.05, 0) is 30.8 Å². The zero-order valence-corrected chi connectivity index (χ0v) is 17.8. The predicted molar refractivity (Wildman–Crippen MR) is 115 cm³/mol. The van der Waals surface area contributed by atoms with Crippen LogP contribution in [0.25, 0.3) is 0 Å². The molecule has 0 radical (unpaired) electrons. The number of hydrogen-bond acceptors (Lipinski definition) is 4. The van der Waals surface area contributed by atoms with Gasteiger partial charge in [0.05, 0.1) is 17.3 Å². The van der Waals surface area contributed by atoms with Crippen LogP contribution in [0.2, 0.25) is 5.02 Å². The normalized spacial score (nSPS) is 14.4. The van der Waals surface area contributed by atoms with Crippen molar-refractivity contribution < 1.29 is 18.4 Å². The number of nitrogens with one attached hydrogen (secondary N) is 1. The fourth-order valence-corrected chi connectivity index (χ4v) is 3.62. The molecule has 2 aromatic carbocycles. The smallest absolute Gasteiger partial charge is 0.322 e. The number of nitrogens with zero attached hydrogens (tertiary/aromatic N) is 3. The van der Waals surface area contributed by atoms with E-state index in [-0.39, 0.29) is 28.4 Å². The Hall–Kier alpha value is -2.75. The van der Waals surface area contributed by atoms with Crippen molar-refractivity contribution in [2.24, 2.45) is 5.84 Å². The first-order valence-electron chi connectivity index (χ1n) is 9.87. The highest BCUT2D eigenvalue weighted by molar-refractivity contribution is 6.31. The minimum Gasteiger partial charge on any atom is -0.322 e. The number of urea groups is 1. The number of hydrazine groups is 1. The maximum absolute atomic E-state index is 14.8. The second-order valence-corrected chi connectivity index (χ2v) is 7.55. The summed E-state index contributed by atoms with van der Waals surface area (Å²) < 4.78 is 29.5. The van der Waals surface area contributed by atoms with E-state index in [1.54, 1.807) is 4.90 Å². The molecule has 3 N–H and O–H groups in total. The van der Waals surface area contributed by atoms with Gasteiger partial charge in [0.15, 0.2) is 5.82 Å². The summed E-state index contributed by atoms with van der Waals surface area (Å²) >= 11 is 5.93. The lowest BCUT2D eigenvalue weighted by Crippen LogP contribution is -2.52. The fourth-order valence-electron chi connectivity index (χ4n) is 3.45. The Balaban J connectivity index is 1.92. The number of benzene rings is 2. The van der Waals surface area contributed by atoms with Crippen LogP contribution < -0.4 is 16.2 Å². The zero-order chi connectivity index (χ0) is 22.5. The Morgan fingerprint density at radius 2 is 1.87 bits per heavy atom. The third-order valence-corrected chi connectivity index (χ3v) is 5.61. The number of amides is 3. The van der Waals surface area contributed by atoms with Gasteiger partial charge < -0.3 is 9.80 Å². The first kappa shape index (κ1) is 22.9. The molecule has 1 saturated heterocycles. The maximum atomic E-state index is 14.8. The van der Waals surface area contributed by atoms with Crippen molar-refractivity contribution >= 4 is 29.2 Å². The Kier molecular flexibility index (Phi) is 7.42. The van der Waals surface area contributed by atoms with E-state index in [1.165, 1.54) is 35.2 Å². The van der Waals surface area contributed by atoms with Crippen LogP contribution in [0.4, 0.5) is 19.3 Å². The predicted octanol–water partition coefficient (Wildman–Crippen LogP) is 2.99. The number of carbonyl (C=O) groups excluding carboxylic acids is 2. The van der Waals surface area contributed by atoms with E-state index >= 15 is 0 Å². The van der Waals surface area contributed by atoms with Crippen molar-refractivity contribution in [3.05, 3.63) is 64.2 Å². The van der Waals surface area contributed by atoms with Crippen molar-refractivity contribution in [3.8, 4) is 0 Å². The van der Waals surface area contributed by atoms with Gasteiger partial charge >= 0.3 is 6.03 Å². The van der Waals surface area contributed by atoms with Crippen molar-refractivity contribution in [3.63, 3.8) is 0 Å². The number of rotatable bonds is 5. The van der Waals surface area contributed by atoms with Crippen LogP contribution in [0.1, 0.15) is 22.8 Å². The summed E-state index contributed by atoms with van der Waals surface area (Å²) in [5, 5.41) is -0.137. The molecule has 0 spiro atoms. The summed E-state index contributed by atoms with van der Waals surface area (Å²) in [4.78, 5) is 29.9. The lowest BCUT2D eigenvalue weighted by molar-refractivity contribution is 0.0953.